The number of carboxylic acid groups (broad SMARTS) is 1. The number of carbonyl (C=O) groups excluding carboxylic acids is 1. The Hall–Kier alpha value is -4.04. The fourth-order valence-corrected chi connectivity index (χ4v) is 8.54. The van der Waals surface area contributed by atoms with Crippen molar-refractivity contribution in [1.29, 1.82) is 0 Å². The predicted molar refractivity (Wildman–Crippen MR) is 187 cm³/mol. The Morgan fingerprint density at radius 1 is 0.943 bits per heavy atom. The molecule has 1 amide bonds. The van der Waals surface area contributed by atoms with Gasteiger partial charge in [-0.05, 0) is 78.7 Å². The molecule has 1 atom stereocenters. The number of halogens is 6. The highest BCUT2D eigenvalue weighted by molar-refractivity contribution is 6.01. The molecule has 3 aliphatic rings. The first-order valence-electron chi connectivity index (χ1n) is 18.1. The molecule has 2 heterocycles. The standard InChI is InChI=1S/C39H45F6N3O5/c1-52-32-21-25-14-17-48(26-9-4-3-5-10-26)22-30(25)34(53-2)33(32)29-13-7-11-27-24(8-6-12-28(27)29)20-31(35(49)50)46-36(51)37(39(43,44)45)15-18-47(19-16-37)23-38(40,41)42/h6-8,11-13,21,26,31H,3-5,9-10,14-20,22-23H2,1-2H3,(H,46,51)(H,49,50)/t31-/m0/s1. The number of carbonyl (C=O) groups is 2. The highest BCUT2D eigenvalue weighted by Gasteiger charge is 2.61. The van der Waals surface area contributed by atoms with Gasteiger partial charge in [-0.1, -0.05) is 55.7 Å². The zero-order valence-corrected chi connectivity index (χ0v) is 29.8. The molecule has 0 radical (unpaired) electrons. The largest absolute Gasteiger partial charge is 0.496 e. The quantitative estimate of drug-likeness (QED) is 0.207. The van der Waals surface area contributed by atoms with Crippen molar-refractivity contribution in [2.24, 2.45) is 5.41 Å². The number of aliphatic carboxylic acids is 1. The van der Waals surface area contributed by atoms with Crippen molar-refractivity contribution in [2.45, 2.75) is 88.8 Å². The SMILES string of the molecule is COc1cc2c(c(OC)c1-c1cccc3c(C[C@H](NC(=O)C4(C(F)(F)F)CCN(CC(F)(F)F)CC4)C(=O)O)cccc13)CN(C1CCCCC1)CC2. The summed E-state index contributed by atoms with van der Waals surface area (Å²) in [5.74, 6) is -1.80. The first-order chi connectivity index (χ1) is 25.2. The van der Waals surface area contributed by atoms with E-state index in [-0.39, 0.29) is 6.42 Å². The number of amides is 1. The first-order valence-corrected chi connectivity index (χ1v) is 18.1. The number of nitrogens with zero attached hydrogens (tertiary/aromatic N) is 2. The molecule has 0 aromatic heterocycles. The number of hydrogen-bond donors (Lipinski definition) is 2. The summed E-state index contributed by atoms with van der Waals surface area (Å²) in [7, 11) is 3.22. The van der Waals surface area contributed by atoms with Gasteiger partial charge >= 0.3 is 18.3 Å². The van der Waals surface area contributed by atoms with Crippen LogP contribution in [0.15, 0.2) is 42.5 Å². The maximum Gasteiger partial charge on any atom is 0.403 e. The van der Waals surface area contributed by atoms with E-state index >= 15 is 0 Å². The smallest absolute Gasteiger partial charge is 0.403 e. The van der Waals surface area contributed by atoms with Crippen molar-refractivity contribution in [3.8, 4) is 22.6 Å². The Labute approximate surface area is 304 Å². The van der Waals surface area contributed by atoms with E-state index in [0.29, 0.717) is 28.5 Å². The van der Waals surface area contributed by atoms with Crippen LogP contribution in [0, 0.1) is 5.41 Å². The molecule has 6 rings (SSSR count). The number of nitrogens with one attached hydrogen (secondary N) is 1. The van der Waals surface area contributed by atoms with Gasteiger partial charge in [0.15, 0.2) is 0 Å². The molecule has 3 aromatic carbocycles. The number of alkyl halides is 6. The van der Waals surface area contributed by atoms with Crippen molar-refractivity contribution in [3.05, 3.63) is 59.2 Å². The number of methoxy groups -OCH3 is 2. The third-order valence-electron chi connectivity index (χ3n) is 11.4. The second kappa shape index (κ2) is 15.4. The minimum atomic E-state index is -5.11. The fourth-order valence-electron chi connectivity index (χ4n) is 8.54. The molecule has 1 saturated heterocycles. The highest BCUT2D eigenvalue weighted by atomic mass is 19.4. The lowest BCUT2D eigenvalue weighted by molar-refractivity contribution is -0.236. The second-order valence-electron chi connectivity index (χ2n) is 14.5. The molecule has 288 valence electrons. The van der Waals surface area contributed by atoms with Crippen molar-refractivity contribution < 1.29 is 50.5 Å². The minimum absolute atomic E-state index is 0.342. The second-order valence-corrected chi connectivity index (χ2v) is 14.5. The number of ether oxygens (including phenoxy) is 2. The summed E-state index contributed by atoms with van der Waals surface area (Å²) in [6, 6.07) is 11.6. The van der Waals surface area contributed by atoms with Crippen molar-refractivity contribution in [2.75, 3.05) is 40.4 Å². The molecule has 8 nitrogen and oxygen atoms in total. The van der Waals surface area contributed by atoms with Gasteiger partial charge in [0.2, 0.25) is 5.91 Å². The third kappa shape index (κ3) is 7.94. The summed E-state index contributed by atoms with van der Waals surface area (Å²) in [5.41, 5.74) is 1.17. The van der Waals surface area contributed by atoms with Crippen LogP contribution in [0.4, 0.5) is 26.3 Å². The van der Waals surface area contributed by atoms with Crippen LogP contribution in [0.3, 0.4) is 0 Å². The van der Waals surface area contributed by atoms with Crippen LogP contribution in [0.25, 0.3) is 21.9 Å². The molecule has 0 spiro atoms. The Balaban J connectivity index is 1.31. The van der Waals surface area contributed by atoms with Crippen molar-refractivity contribution in [3.63, 3.8) is 0 Å². The van der Waals surface area contributed by atoms with Gasteiger partial charge in [0.05, 0.1) is 26.3 Å². The highest BCUT2D eigenvalue weighted by Crippen LogP contribution is 2.49. The van der Waals surface area contributed by atoms with Gasteiger partial charge in [-0.2, -0.15) is 26.3 Å². The van der Waals surface area contributed by atoms with Gasteiger partial charge < -0.3 is 19.9 Å². The summed E-state index contributed by atoms with van der Waals surface area (Å²) in [6.07, 6.45) is -5.03. The average Bonchev–Trinajstić information content (AvgIpc) is 3.12. The number of fused-ring (bicyclic) bond motifs is 2. The van der Waals surface area contributed by atoms with E-state index in [0.717, 1.165) is 52.1 Å². The van der Waals surface area contributed by atoms with E-state index in [4.69, 9.17) is 9.47 Å². The third-order valence-corrected chi connectivity index (χ3v) is 11.4. The molecule has 2 fully saturated rings. The van der Waals surface area contributed by atoms with E-state index in [9.17, 15) is 41.0 Å². The van der Waals surface area contributed by atoms with Gasteiger partial charge in [-0.15, -0.1) is 0 Å². The van der Waals surface area contributed by atoms with E-state index in [2.05, 4.69) is 10.2 Å². The van der Waals surface area contributed by atoms with Crippen LogP contribution in [0.5, 0.6) is 11.5 Å². The van der Waals surface area contributed by atoms with Crippen LogP contribution in [0.2, 0.25) is 0 Å². The Morgan fingerprint density at radius 3 is 2.25 bits per heavy atom. The number of piperidine rings is 1. The molecule has 0 bridgehead atoms. The zero-order chi connectivity index (χ0) is 38.1. The number of benzene rings is 3. The molecule has 53 heavy (non-hydrogen) atoms. The molecule has 0 unspecified atom stereocenters. The topological polar surface area (TPSA) is 91.3 Å². The molecule has 3 aromatic rings. The Morgan fingerprint density at radius 2 is 1.62 bits per heavy atom. The Bertz CT molecular complexity index is 1820. The summed E-state index contributed by atoms with van der Waals surface area (Å²) in [6.45, 7) is -0.959. The van der Waals surface area contributed by atoms with Crippen molar-refractivity contribution >= 4 is 22.6 Å². The molecule has 14 heteroatoms. The maximum atomic E-state index is 14.5. The lowest BCUT2D eigenvalue weighted by Gasteiger charge is -2.42. The minimum Gasteiger partial charge on any atom is -0.496 e. The van der Waals surface area contributed by atoms with E-state index < -0.39 is 68.2 Å². The zero-order valence-electron chi connectivity index (χ0n) is 29.8. The molecule has 1 aliphatic carbocycles. The van der Waals surface area contributed by atoms with E-state index in [1.165, 1.54) is 32.1 Å². The van der Waals surface area contributed by atoms with Crippen LogP contribution in [-0.2, 0) is 29.0 Å². The van der Waals surface area contributed by atoms with Crippen molar-refractivity contribution in [1.82, 2.24) is 15.1 Å². The van der Waals surface area contributed by atoms with Crippen LogP contribution < -0.4 is 14.8 Å². The maximum absolute atomic E-state index is 14.5. The van der Waals surface area contributed by atoms with Gasteiger partial charge in [0.25, 0.3) is 0 Å². The number of rotatable bonds is 10. The summed E-state index contributed by atoms with van der Waals surface area (Å²) < 4.78 is 94.3. The van der Waals surface area contributed by atoms with Gasteiger partial charge in [0, 0.05) is 31.1 Å². The summed E-state index contributed by atoms with van der Waals surface area (Å²) in [5, 5.41) is 13.6. The number of likely N-dealkylation sites (tertiary alicyclic amines) is 1. The average molecular weight is 750 g/mol. The first kappa shape index (κ1) is 38.7. The lowest BCUT2D eigenvalue weighted by Crippen LogP contribution is -2.59. The van der Waals surface area contributed by atoms with E-state index in [1.54, 1.807) is 38.5 Å². The Kier molecular flexibility index (Phi) is 11.2. The molecular weight excluding hydrogens is 704 g/mol. The van der Waals surface area contributed by atoms with Crippen LogP contribution in [-0.4, -0.2) is 91.6 Å². The number of hydrogen-bond acceptors (Lipinski definition) is 6. The summed E-state index contributed by atoms with van der Waals surface area (Å²) >= 11 is 0. The van der Waals surface area contributed by atoms with Crippen LogP contribution in [0.1, 0.15) is 61.6 Å². The molecule has 2 N–H and O–H groups in total. The molecular formula is C39H45F6N3O5. The number of carboxylic acids is 1. The van der Waals surface area contributed by atoms with Gasteiger partial charge in [-0.25, -0.2) is 4.79 Å². The molecule has 2 aliphatic heterocycles. The predicted octanol–water partition coefficient (Wildman–Crippen LogP) is 7.53. The normalized spacial score (nSPS) is 19.4. The molecule has 1 saturated carbocycles. The summed E-state index contributed by atoms with van der Waals surface area (Å²) in [4.78, 5) is 29.2. The van der Waals surface area contributed by atoms with Gasteiger partial charge in [-0.3, -0.25) is 14.6 Å². The monoisotopic (exact) mass is 749 g/mol. The lowest BCUT2D eigenvalue weighted by atomic mass is 9.76. The van der Waals surface area contributed by atoms with Gasteiger partial charge in [0.1, 0.15) is 23.0 Å². The fraction of sp³-hybridized carbons (Fsp3) is 0.538. The van der Waals surface area contributed by atoms with Crippen LogP contribution >= 0.6 is 0 Å². The van der Waals surface area contributed by atoms with E-state index in [1.807, 2.05) is 18.2 Å².